The summed E-state index contributed by atoms with van der Waals surface area (Å²) in [7, 11) is 0. The van der Waals surface area contributed by atoms with E-state index in [2.05, 4.69) is 53.1 Å². The summed E-state index contributed by atoms with van der Waals surface area (Å²) in [4.78, 5) is 16.5. The molecule has 2 aromatic carbocycles. The molecule has 0 radical (unpaired) electrons. The molecule has 1 atom stereocenters. The van der Waals surface area contributed by atoms with Gasteiger partial charge < -0.3 is 14.5 Å². The second-order valence-corrected chi connectivity index (χ2v) is 11.2. The topological polar surface area (TPSA) is 54.7 Å². The third-order valence-electron chi connectivity index (χ3n) is 7.48. The molecule has 0 aliphatic carbocycles. The molecular weight excluding hydrogens is 518 g/mol. The minimum atomic E-state index is -2.87. The summed E-state index contributed by atoms with van der Waals surface area (Å²) in [5.74, 6) is 0.660. The van der Waals surface area contributed by atoms with Crippen molar-refractivity contribution in [2.75, 3.05) is 18.4 Å². The number of alkyl halides is 2. The van der Waals surface area contributed by atoms with Gasteiger partial charge in [0, 0.05) is 10.4 Å². The lowest BCUT2D eigenvalue weighted by Gasteiger charge is -2.38. The third kappa shape index (κ3) is 6.40. The molecule has 0 bridgehead atoms. The smallest absolute Gasteiger partial charge is 0.387 e. The normalized spacial score (nSPS) is 15.4. The molecule has 1 aliphatic rings. The Labute approximate surface area is 231 Å². The molecule has 1 N–H and O–H groups in total. The number of carbonyl (C=O) groups is 1. The van der Waals surface area contributed by atoms with Gasteiger partial charge in [-0.25, -0.2) is 0 Å². The van der Waals surface area contributed by atoms with Gasteiger partial charge in [0.15, 0.2) is 5.76 Å². The molecule has 4 aromatic rings. The molecule has 1 fully saturated rings. The van der Waals surface area contributed by atoms with Crippen molar-refractivity contribution in [3.05, 3.63) is 106 Å². The molecule has 0 saturated carbocycles. The van der Waals surface area contributed by atoms with E-state index in [0.717, 1.165) is 58.9 Å². The Bertz CT molecular complexity index is 1360. The van der Waals surface area contributed by atoms with E-state index in [9.17, 15) is 13.6 Å². The number of thiophene rings is 1. The number of furan rings is 1. The quantitative estimate of drug-likeness (QED) is 0.231. The highest BCUT2D eigenvalue weighted by atomic mass is 32.1. The predicted octanol–water partition coefficient (Wildman–Crippen LogP) is 7.86. The molecule has 1 amide bonds. The van der Waals surface area contributed by atoms with Gasteiger partial charge in [0.1, 0.15) is 10.8 Å². The zero-order chi connectivity index (χ0) is 27.4. The fourth-order valence-corrected chi connectivity index (χ4v) is 6.48. The summed E-state index contributed by atoms with van der Waals surface area (Å²) in [6.07, 6.45) is 4.63. The van der Waals surface area contributed by atoms with Crippen LogP contribution in [0, 0.1) is 19.8 Å². The average Bonchev–Trinajstić information content (AvgIpc) is 3.56. The van der Waals surface area contributed by atoms with E-state index in [1.807, 2.05) is 18.2 Å². The first-order valence-corrected chi connectivity index (χ1v) is 14.0. The summed E-state index contributed by atoms with van der Waals surface area (Å²) in [6, 6.07) is 20.6. The Morgan fingerprint density at radius 2 is 1.77 bits per heavy atom. The van der Waals surface area contributed by atoms with Crippen LogP contribution in [0.5, 0.6) is 5.75 Å². The zero-order valence-corrected chi connectivity index (χ0v) is 22.8. The van der Waals surface area contributed by atoms with Crippen LogP contribution < -0.4 is 10.1 Å². The van der Waals surface area contributed by atoms with E-state index in [4.69, 9.17) is 4.42 Å². The Balaban J connectivity index is 1.45. The van der Waals surface area contributed by atoms with E-state index < -0.39 is 6.61 Å². The number of piperidine rings is 1. The van der Waals surface area contributed by atoms with Crippen molar-refractivity contribution in [2.45, 2.75) is 45.8 Å². The van der Waals surface area contributed by atoms with E-state index in [-0.39, 0.29) is 23.5 Å². The second kappa shape index (κ2) is 12.1. The molecule has 204 valence electrons. The minimum Gasteiger partial charge on any atom is -0.459 e. The monoisotopic (exact) mass is 550 g/mol. The number of rotatable bonds is 9. The van der Waals surface area contributed by atoms with Gasteiger partial charge in [-0.3, -0.25) is 9.69 Å². The molecule has 0 unspecified atom stereocenters. The molecule has 3 heterocycles. The van der Waals surface area contributed by atoms with Crippen LogP contribution in [0.3, 0.4) is 0 Å². The van der Waals surface area contributed by atoms with Gasteiger partial charge in [0.25, 0.3) is 5.91 Å². The summed E-state index contributed by atoms with van der Waals surface area (Å²) in [5.41, 5.74) is 4.46. The van der Waals surface area contributed by atoms with Crippen molar-refractivity contribution < 1.29 is 22.7 Å². The standard InChI is InChI=1S/C31H32F2N2O3S/c1-20-21(2)39-30(34-29(36)26-9-6-18-37-26)27(20)28(24-10-12-25(13-11-24)38-31(32)33)35-16-14-23(15-17-35)19-22-7-4-3-5-8-22/h3-13,18,23,28,31H,14-17,19H2,1-2H3,(H,34,36)/t28-/m0/s1. The molecule has 0 spiro atoms. The molecule has 1 aliphatic heterocycles. The van der Waals surface area contributed by atoms with Gasteiger partial charge in [-0.2, -0.15) is 8.78 Å². The van der Waals surface area contributed by atoms with Crippen molar-refractivity contribution in [1.82, 2.24) is 4.90 Å². The first kappa shape index (κ1) is 27.1. The number of halogens is 2. The van der Waals surface area contributed by atoms with E-state index in [1.54, 1.807) is 35.6 Å². The lowest BCUT2D eigenvalue weighted by atomic mass is 9.87. The number of ether oxygens (including phenoxy) is 1. The number of benzene rings is 2. The number of carbonyl (C=O) groups excluding carboxylic acids is 1. The highest BCUT2D eigenvalue weighted by molar-refractivity contribution is 7.16. The molecule has 39 heavy (non-hydrogen) atoms. The summed E-state index contributed by atoms with van der Waals surface area (Å²) < 4.78 is 35.5. The first-order chi connectivity index (χ1) is 18.9. The fourth-order valence-electron chi connectivity index (χ4n) is 5.39. The third-order valence-corrected chi connectivity index (χ3v) is 8.62. The van der Waals surface area contributed by atoms with Crippen LogP contribution in [-0.4, -0.2) is 30.5 Å². The van der Waals surface area contributed by atoms with Crippen molar-refractivity contribution in [2.24, 2.45) is 5.92 Å². The minimum absolute atomic E-state index is 0.124. The van der Waals surface area contributed by atoms with Gasteiger partial charge in [-0.1, -0.05) is 42.5 Å². The number of aryl methyl sites for hydroxylation is 1. The SMILES string of the molecule is Cc1sc(NC(=O)c2ccco2)c([C@H](c2ccc(OC(F)F)cc2)N2CCC(Cc3ccccc3)CC2)c1C. The summed E-state index contributed by atoms with van der Waals surface area (Å²) in [5, 5.41) is 3.85. The van der Waals surface area contributed by atoms with Crippen LogP contribution in [0.1, 0.15) is 56.6 Å². The molecular formula is C31H32F2N2O3S. The van der Waals surface area contributed by atoms with Gasteiger partial charge in [0.2, 0.25) is 0 Å². The number of hydrogen-bond acceptors (Lipinski definition) is 5. The number of anilines is 1. The molecule has 5 rings (SSSR count). The van der Waals surface area contributed by atoms with Crippen LogP contribution in [-0.2, 0) is 6.42 Å². The molecule has 8 heteroatoms. The molecule has 1 saturated heterocycles. The maximum atomic E-state index is 12.9. The Morgan fingerprint density at radius 3 is 2.41 bits per heavy atom. The van der Waals surface area contributed by atoms with Crippen molar-refractivity contribution in [3.8, 4) is 5.75 Å². The van der Waals surface area contributed by atoms with Gasteiger partial charge in [-0.05, 0) is 93.1 Å². The van der Waals surface area contributed by atoms with Crippen molar-refractivity contribution in [1.29, 1.82) is 0 Å². The van der Waals surface area contributed by atoms with E-state index in [1.165, 1.54) is 11.8 Å². The second-order valence-electron chi connectivity index (χ2n) is 9.98. The Kier molecular flexibility index (Phi) is 8.43. The fraction of sp³-hybridized carbons (Fsp3) is 0.323. The number of amides is 1. The van der Waals surface area contributed by atoms with E-state index >= 15 is 0 Å². The number of nitrogens with zero attached hydrogens (tertiary/aromatic N) is 1. The van der Waals surface area contributed by atoms with Gasteiger partial charge >= 0.3 is 6.61 Å². The highest BCUT2D eigenvalue weighted by Gasteiger charge is 2.32. The van der Waals surface area contributed by atoms with Crippen LogP contribution >= 0.6 is 11.3 Å². The van der Waals surface area contributed by atoms with Gasteiger partial charge in [-0.15, -0.1) is 11.3 Å². The van der Waals surface area contributed by atoms with Crippen molar-refractivity contribution >= 4 is 22.2 Å². The highest BCUT2D eigenvalue weighted by Crippen LogP contribution is 2.44. The van der Waals surface area contributed by atoms with Crippen LogP contribution in [0.15, 0.2) is 77.4 Å². The van der Waals surface area contributed by atoms with E-state index in [0.29, 0.717) is 5.92 Å². The summed E-state index contributed by atoms with van der Waals surface area (Å²) >= 11 is 1.54. The zero-order valence-electron chi connectivity index (χ0n) is 22.0. The molecule has 5 nitrogen and oxygen atoms in total. The van der Waals surface area contributed by atoms with Crippen LogP contribution in [0.25, 0.3) is 0 Å². The summed E-state index contributed by atoms with van der Waals surface area (Å²) in [6.45, 7) is 3.02. The number of likely N-dealkylation sites (tertiary alicyclic amines) is 1. The largest absolute Gasteiger partial charge is 0.459 e. The van der Waals surface area contributed by atoms with Crippen LogP contribution in [0.4, 0.5) is 13.8 Å². The number of hydrogen-bond donors (Lipinski definition) is 1. The lowest BCUT2D eigenvalue weighted by Crippen LogP contribution is -2.38. The van der Waals surface area contributed by atoms with Crippen LogP contribution in [0.2, 0.25) is 0 Å². The Morgan fingerprint density at radius 1 is 1.05 bits per heavy atom. The maximum Gasteiger partial charge on any atom is 0.387 e. The first-order valence-electron chi connectivity index (χ1n) is 13.2. The van der Waals surface area contributed by atoms with Gasteiger partial charge in [0.05, 0.1) is 12.3 Å². The predicted molar refractivity (Wildman–Crippen MR) is 150 cm³/mol. The lowest BCUT2D eigenvalue weighted by molar-refractivity contribution is -0.0498. The maximum absolute atomic E-state index is 12.9. The average molecular weight is 551 g/mol. The van der Waals surface area contributed by atoms with Crippen molar-refractivity contribution in [3.63, 3.8) is 0 Å². The number of nitrogens with one attached hydrogen (secondary N) is 1. The Hall–Kier alpha value is -3.49. The molecule has 2 aromatic heterocycles.